The number of ether oxygens (including phenoxy) is 3. The average Bonchev–Trinajstić information content (AvgIpc) is 2.67. The third-order valence-corrected chi connectivity index (χ3v) is 3.86. The average molecular weight is 356 g/mol. The second kappa shape index (κ2) is 9.51. The van der Waals surface area contributed by atoms with Crippen LogP contribution in [-0.4, -0.2) is 31.9 Å². The maximum atomic E-state index is 12.2. The number of rotatable bonds is 8. The van der Waals surface area contributed by atoms with E-state index in [0.717, 1.165) is 18.4 Å². The maximum absolute atomic E-state index is 12.2. The minimum Gasteiger partial charge on any atom is -0.504 e. The van der Waals surface area contributed by atoms with Gasteiger partial charge in [0.05, 0.1) is 20.8 Å². The molecular weight excluding hydrogens is 332 g/mol. The van der Waals surface area contributed by atoms with Gasteiger partial charge in [-0.2, -0.15) is 0 Å². The second-order valence-corrected chi connectivity index (χ2v) is 5.66. The van der Waals surface area contributed by atoms with Crippen molar-refractivity contribution in [3.8, 4) is 17.2 Å². The maximum Gasteiger partial charge on any atom is 0.342 e. The SMILES string of the molecule is CCCCOc1c(OC)cc(/C=C/c2ccccc2)c(C(=O)OC)c1O. The van der Waals surface area contributed by atoms with Crippen molar-refractivity contribution in [1.29, 1.82) is 0 Å². The van der Waals surface area contributed by atoms with Crippen LogP contribution in [0.25, 0.3) is 12.2 Å². The van der Waals surface area contributed by atoms with Gasteiger partial charge < -0.3 is 19.3 Å². The van der Waals surface area contributed by atoms with Gasteiger partial charge >= 0.3 is 5.97 Å². The van der Waals surface area contributed by atoms with Crippen molar-refractivity contribution >= 4 is 18.1 Å². The number of methoxy groups -OCH3 is 2. The van der Waals surface area contributed by atoms with E-state index in [1.807, 2.05) is 43.3 Å². The van der Waals surface area contributed by atoms with E-state index in [1.54, 1.807) is 12.1 Å². The second-order valence-electron chi connectivity index (χ2n) is 5.66. The van der Waals surface area contributed by atoms with Crippen LogP contribution in [0.4, 0.5) is 0 Å². The van der Waals surface area contributed by atoms with Crippen molar-refractivity contribution in [2.24, 2.45) is 0 Å². The summed E-state index contributed by atoms with van der Waals surface area (Å²) >= 11 is 0. The van der Waals surface area contributed by atoms with Crippen LogP contribution in [0.1, 0.15) is 41.3 Å². The molecule has 138 valence electrons. The minimum atomic E-state index is -0.641. The van der Waals surface area contributed by atoms with E-state index in [2.05, 4.69) is 0 Å². The molecule has 0 radical (unpaired) electrons. The quantitative estimate of drug-likeness (QED) is 0.427. The molecule has 0 saturated carbocycles. The van der Waals surface area contributed by atoms with Gasteiger partial charge in [0, 0.05) is 0 Å². The molecule has 0 aromatic heterocycles. The highest BCUT2D eigenvalue weighted by Gasteiger charge is 2.24. The first-order chi connectivity index (χ1) is 12.6. The van der Waals surface area contributed by atoms with Crippen LogP contribution in [0.2, 0.25) is 0 Å². The molecule has 0 aliphatic carbocycles. The van der Waals surface area contributed by atoms with Crippen LogP contribution in [0.5, 0.6) is 17.2 Å². The summed E-state index contributed by atoms with van der Waals surface area (Å²) in [5.41, 5.74) is 1.50. The van der Waals surface area contributed by atoms with Crippen molar-refractivity contribution in [3.05, 3.63) is 53.1 Å². The molecule has 0 fully saturated rings. The Morgan fingerprint density at radius 3 is 2.50 bits per heavy atom. The molecule has 0 bridgehead atoms. The summed E-state index contributed by atoms with van der Waals surface area (Å²) < 4.78 is 15.8. The monoisotopic (exact) mass is 356 g/mol. The number of phenolic OH excluding ortho intramolecular Hbond substituents is 1. The first kappa shape index (κ1) is 19.4. The molecule has 0 unspecified atom stereocenters. The Morgan fingerprint density at radius 1 is 1.15 bits per heavy atom. The van der Waals surface area contributed by atoms with Gasteiger partial charge in [-0.15, -0.1) is 0 Å². The molecule has 1 N–H and O–H groups in total. The lowest BCUT2D eigenvalue weighted by atomic mass is 10.0. The van der Waals surface area contributed by atoms with Crippen molar-refractivity contribution in [1.82, 2.24) is 0 Å². The molecule has 0 aliphatic rings. The summed E-state index contributed by atoms with van der Waals surface area (Å²) in [5.74, 6) is -0.407. The predicted octanol–water partition coefficient (Wildman–Crippen LogP) is 4.54. The van der Waals surface area contributed by atoms with E-state index in [4.69, 9.17) is 14.2 Å². The van der Waals surface area contributed by atoms with Crippen LogP contribution < -0.4 is 9.47 Å². The molecule has 2 aromatic carbocycles. The lowest BCUT2D eigenvalue weighted by Gasteiger charge is -2.16. The fourth-order valence-corrected chi connectivity index (χ4v) is 2.45. The number of benzene rings is 2. The molecule has 2 aromatic rings. The standard InChI is InChI=1S/C21H24O5/c1-4-5-13-26-20-17(24-2)14-16(18(19(20)22)21(23)25-3)12-11-15-9-7-6-8-10-15/h6-12,14,22H,4-5,13H2,1-3H3/b12-11+. The van der Waals surface area contributed by atoms with Gasteiger partial charge in [-0.3, -0.25) is 0 Å². The van der Waals surface area contributed by atoms with E-state index < -0.39 is 5.97 Å². The van der Waals surface area contributed by atoms with Crippen LogP contribution >= 0.6 is 0 Å². The molecule has 0 heterocycles. The Hall–Kier alpha value is -2.95. The molecule has 0 aliphatic heterocycles. The van der Waals surface area contributed by atoms with Gasteiger partial charge in [0.15, 0.2) is 11.5 Å². The molecule has 2 rings (SSSR count). The van der Waals surface area contributed by atoms with Crippen LogP contribution in [-0.2, 0) is 4.74 Å². The number of phenols is 1. The smallest absolute Gasteiger partial charge is 0.342 e. The van der Waals surface area contributed by atoms with E-state index in [9.17, 15) is 9.90 Å². The van der Waals surface area contributed by atoms with Gasteiger partial charge in [-0.05, 0) is 23.6 Å². The highest BCUT2D eigenvalue weighted by molar-refractivity contribution is 5.99. The van der Waals surface area contributed by atoms with Crippen molar-refractivity contribution in [2.75, 3.05) is 20.8 Å². The summed E-state index contributed by atoms with van der Waals surface area (Å²) in [6.45, 7) is 2.46. The highest BCUT2D eigenvalue weighted by Crippen LogP contribution is 2.42. The van der Waals surface area contributed by atoms with Crippen LogP contribution in [0.15, 0.2) is 36.4 Å². The van der Waals surface area contributed by atoms with Crippen molar-refractivity contribution in [2.45, 2.75) is 19.8 Å². The lowest BCUT2D eigenvalue weighted by molar-refractivity contribution is 0.0596. The molecule has 0 atom stereocenters. The topological polar surface area (TPSA) is 65.0 Å². The van der Waals surface area contributed by atoms with E-state index in [0.29, 0.717) is 17.9 Å². The minimum absolute atomic E-state index is 0.0481. The number of carbonyl (C=O) groups is 1. The third-order valence-electron chi connectivity index (χ3n) is 3.86. The van der Waals surface area contributed by atoms with Crippen molar-refractivity contribution < 1.29 is 24.1 Å². The van der Waals surface area contributed by atoms with Crippen LogP contribution in [0.3, 0.4) is 0 Å². The fraction of sp³-hybridized carbons (Fsp3) is 0.286. The fourth-order valence-electron chi connectivity index (χ4n) is 2.45. The Labute approximate surface area is 153 Å². The summed E-state index contributed by atoms with van der Waals surface area (Å²) in [4.78, 5) is 12.2. The summed E-state index contributed by atoms with van der Waals surface area (Å²) in [7, 11) is 2.76. The molecular formula is C21H24O5. The zero-order valence-electron chi connectivity index (χ0n) is 15.3. The van der Waals surface area contributed by atoms with E-state index in [-0.39, 0.29) is 17.1 Å². The molecule has 0 amide bonds. The zero-order valence-corrected chi connectivity index (χ0v) is 15.3. The molecule has 5 heteroatoms. The molecule has 26 heavy (non-hydrogen) atoms. The van der Waals surface area contributed by atoms with E-state index >= 15 is 0 Å². The number of esters is 1. The van der Waals surface area contributed by atoms with Crippen molar-refractivity contribution in [3.63, 3.8) is 0 Å². The van der Waals surface area contributed by atoms with Gasteiger partial charge in [0.2, 0.25) is 5.75 Å². The first-order valence-electron chi connectivity index (χ1n) is 8.50. The predicted molar refractivity (Wildman–Crippen MR) is 102 cm³/mol. The number of hydrogen-bond acceptors (Lipinski definition) is 5. The Kier molecular flexibility index (Phi) is 7.09. The zero-order chi connectivity index (χ0) is 18.9. The Morgan fingerprint density at radius 2 is 1.88 bits per heavy atom. The number of hydrogen-bond donors (Lipinski definition) is 1. The summed E-state index contributed by atoms with van der Waals surface area (Å²) in [5, 5.41) is 10.6. The van der Waals surface area contributed by atoms with Gasteiger partial charge in [0.25, 0.3) is 0 Å². The Bertz CT molecular complexity index is 766. The van der Waals surface area contributed by atoms with E-state index in [1.165, 1.54) is 14.2 Å². The summed E-state index contributed by atoms with van der Waals surface area (Å²) in [6.07, 6.45) is 5.36. The highest BCUT2D eigenvalue weighted by atomic mass is 16.5. The molecule has 0 saturated heterocycles. The molecule has 0 spiro atoms. The molecule has 5 nitrogen and oxygen atoms in total. The lowest BCUT2D eigenvalue weighted by Crippen LogP contribution is -2.07. The Balaban J connectivity index is 2.50. The number of unbranched alkanes of at least 4 members (excludes halogenated alkanes) is 1. The van der Waals surface area contributed by atoms with Gasteiger partial charge in [0.1, 0.15) is 5.56 Å². The number of carbonyl (C=O) groups excluding carboxylic acids is 1. The largest absolute Gasteiger partial charge is 0.504 e. The van der Waals surface area contributed by atoms with Crippen LogP contribution in [0, 0.1) is 0 Å². The normalized spacial score (nSPS) is 10.7. The number of aromatic hydroxyl groups is 1. The van der Waals surface area contributed by atoms with Gasteiger partial charge in [-0.1, -0.05) is 55.8 Å². The summed E-state index contributed by atoms with van der Waals surface area (Å²) in [6, 6.07) is 11.3. The third kappa shape index (κ3) is 4.57. The first-order valence-corrected chi connectivity index (χ1v) is 8.50. The van der Waals surface area contributed by atoms with Gasteiger partial charge in [-0.25, -0.2) is 4.79 Å².